The number of nitrogens with zero attached hydrogens (tertiary/aromatic N) is 4. The van der Waals surface area contributed by atoms with E-state index in [1.807, 2.05) is 0 Å². The van der Waals surface area contributed by atoms with Gasteiger partial charge in [-0.05, 0) is 12.5 Å². The zero-order valence-corrected chi connectivity index (χ0v) is 11.2. The van der Waals surface area contributed by atoms with Crippen LogP contribution >= 0.6 is 11.3 Å². The van der Waals surface area contributed by atoms with E-state index in [1.165, 1.54) is 22.1 Å². The summed E-state index contributed by atoms with van der Waals surface area (Å²) in [5, 5.41) is 17.0. The predicted molar refractivity (Wildman–Crippen MR) is 71.8 cm³/mol. The molecule has 0 bridgehead atoms. The summed E-state index contributed by atoms with van der Waals surface area (Å²) in [5.74, 6) is 0. The largest absolute Gasteiger partial charge is 0.360 e. The minimum atomic E-state index is -0.135. The van der Waals surface area contributed by atoms with Crippen molar-refractivity contribution in [3.63, 3.8) is 0 Å². The van der Waals surface area contributed by atoms with Gasteiger partial charge in [0, 0.05) is 19.7 Å². The van der Waals surface area contributed by atoms with Crippen LogP contribution in [-0.2, 0) is 7.05 Å². The molecule has 0 aliphatic heterocycles. The van der Waals surface area contributed by atoms with E-state index in [0.29, 0.717) is 10.7 Å². The van der Waals surface area contributed by atoms with Crippen molar-refractivity contribution in [1.82, 2.24) is 20.0 Å². The number of aryl methyl sites for hydroxylation is 1. The molecule has 0 saturated carbocycles. The van der Waals surface area contributed by atoms with Crippen molar-refractivity contribution in [3.8, 4) is 10.7 Å². The molecule has 0 fully saturated rings. The molecule has 2 aromatic heterocycles. The molecular weight excluding hydrogens is 250 g/mol. The second-order valence-corrected chi connectivity index (χ2v) is 4.85. The van der Waals surface area contributed by atoms with Crippen LogP contribution in [0.4, 0.5) is 5.13 Å². The van der Waals surface area contributed by atoms with Crippen LogP contribution < -0.4 is 10.9 Å². The molecular formula is C11H15N5OS. The van der Waals surface area contributed by atoms with Gasteiger partial charge in [-0.1, -0.05) is 24.7 Å². The molecule has 96 valence electrons. The molecule has 6 nitrogen and oxygen atoms in total. The fourth-order valence-electron chi connectivity index (χ4n) is 1.39. The molecule has 0 amide bonds. The lowest BCUT2D eigenvalue weighted by Gasteiger charge is -1.98. The Hall–Kier alpha value is -1.76. The fraction of sp³-hybridized carbons (Fsp3) is 0.455. The lowest BCUT2D eigenvalue weighted by atomic mass is 10.3. The Kier molecular flexibility index (Phi) is 4.03. The second-order valence-electron chi connectivity index (χ2n) is 3.87. The Labute approximate surface area is 109 Å². The Bertz CT molecular complexity index is 577. The monoisotopic (exact) mass is 265 g/mol. The summed E-state index contributed by atoms with van der Waals surface area (Å²) >= 11 is 1.44. The maximum Gasteiger partial charge on any atom is 0.266 e. The smallest absolute Gasteiger partial charge is 0.266 e. The standard InChI is InChI=1S/C11H15N5OS/c1-3-4-7-12-11-14-13-10(18-11)8-5-6-9(17)16(2)15-8/h5-6H,3-4,7H2,1-2H3,(H,12,14). The first kappa shape index (κ1) is 12.7. The number of nitrogens with one attached hydrogen (secondary N) is 1. The molecule has 0 unspecified atom stereocenters. The van der Waals surface area contributed by atoms with Crippen LogP contribution in [0.15, 0.2) is 16.9 Å². The topological polar surface area (TPSA) is 72.7 Å². The van der Waals surface area contributed by atoms with Crippen molar-refractivity contribution in [2.45, 2.75) is 19.8 Å². The maximum atomic E-state index is 11.2. The van der Waals surface area contributed by atoms with Crippen molar-refractivity contribution in [1.29, 1.82) is 0 Å². The summed E-state index contributed by atoms with van der Waals surface area (Å²) in [6.07, 6.45) is 2.24. The highest BCUT2D eigenvalue weighted by atomic mass is 32.1. The van der Waals surface area contributed by atoms with Crippen molar-refractivity contribution < 1.29 is 0 Å². The van der Waals surface area contributed by atoms with Gasteiger partial charge < -0.3 is 5.32 Å². The van der Waals surface area contributed by atoms with E-state index in [9.17, 15) is 4.79 Å². The third-order valence-corrected chi connectivity index (χ3v) is 3.31. The van der Waals surface area contributed by atoms with Crippen LogP contribution in [0.2, 0.25) is 0 Å². The first-order chi connectivity index (χ1) is 8.70. The molecule has 2 aromatic rings. The molecule has 2 heterocycles. The number of aromatic nitrogens is 4. The highest BCUT2D eigenvalue weighted by Crippen LogP contribution is 2.23. The van der Waals surface area contributed by atoms with Crippen LogP contribution in [0, 0.1) is 0 Å². The van der Waals surface area contributed by atoms with Crippen molar-refractivity contribution in [2.75, 3.05) is 11.9 Å². The van der Waals surface area contributed by atoms with Gasteiger partial charge in [0.05, 0.1) is 0 Å². The average molecular weight is 265 g/mol. The summed E-state index contributed by atoms with van der Waals surface area (Å²) in [6, 6.07) is 3.15. The van der Waals surface area contributed by atoms with Gasteiger partial charge in [-0.25, -0.2) is 4.68 Å². The van der Waals surface area contributed by atoms with E-state index >= 15 is 0 Å². The van der Waals surface area contributed by atoms with Gasteiger partial charge in [0.15, 0.2) is 5.01 Å². The van der Waals surface area contributed by atoms with Crippen LogP contribution in [-0.4, -0.2) is 26.5 Å². The van der Waals surface area contributed by atoms with Gasteiger partial charge in [-0.15, -0.1) is 10.2 Å². The van der Waals surface area contributed by atoms with Gasteiger partial charge in [-0.2, -0.15) is 5.10 Å². The second kappa shape index (κ2) is 5.72. The third-order valence-electron chi connectivity index (χ3n) is 2.41. The third kappa shape index (κ3) is 2.92. The van der Waals surface area contributed by atoms with Gasteiger partial charge in [-0.3, -0.25) is 4.79 Å². The molecule has 0 aliphatic rings. The Morgan fingerprint density at radius 2 is 2.22 bits per heavy atom. The summed E-state index contributed by atoms with van der Waals surface area (Å²) in [6.45, 7) is 3.04. The first-order valence-corrected chi connectivity index (χ1v) is 6.64. The number of hydrogen-bond donors (Lipinski definition) is 1. The summed E-state index contributed by atoms with van der Waals surface area (Å²) in [4.78, 5) is 11.2. The average Bonchev–Trinajstić information content (AvgIpc) is 2.82. The van der Waals surface area contributed by atoms with Crippen LogP contribution in [0.1, 0.15) is 19.8 Å². The number of hydrogen-bond acceptors (Lipinski definition) is 6. The van der Waals surface area contributed by atoms with Crippen LogP contribution in [0.25, 0.3) is 10.7 Å². The Balaban J connectivity index is 2.13. The highest BCUT2D eigenvalue weighted by molar-refractivity contribution is 7.18. The van der Waals surface area contributed by atoms with Crippen molar-refractivity contribution in [3.05, 3.63) is 22.5 Å². The maximum absolute atomic E-state index is 11.2. The van der Waals surface area contributed by atoms with E-state index in [1.54, 1.807) is 13.1 Å². The molecule has 0 radical (unpaired) electrons. The van der Waals surface area contributed by atoms with Crippen LogP contribution in [0.3, 0.4) is 0 Å². The summed E-state index contributed by atoms with van der Waals surface area (Å²) in [7, 11) is 1.62. The Morgan fingerprint density at radius 3 is 2.94 bits per heavy atom. The zero-order valence-electron chi connectivity index (χ0n) is 10.4. The lowest BCUT2D eigenvalue weighted by molar-refractivity contribution is 0.711. The van der Waals surface area contributed by atoms with Gasteiger partial charge >= 0.3 is 0 Å². The minimum Gasteiger partial charge on any atom is -0.360 e. The minimum absolute atomic E-state index is 0.135. The van der Waals surface area contributed by atoms with Gasteiger partial charge in [0.25, 0.3) is 5.56 Å². The molecule has 0 atom stereocenters. The van der Waals surface area contributed by atoms with Gasteiger partial charge in [0.1, 0.15) is 5.69 Å². The predicted octanol–water partition coefficient (Wildman–Crippen LogP) is 1.51. The molecule has 0 spiro atoms. The number of unbranched alkanes of at least 4 members (excludes halogenated alkanes) is 1. The zero-order chi connectivity index (χ0) is 13.0. The van der Waals surface area contributed by atoms with Crippen molar-refractivity contribution >= 4 is 16.5 Å². The number of anilines is 1. The highest BCUT2D eigenvalue weighted by Gasteiger charge is 2.08. The number of rotatable bonds is 5. The Morgan fingerprint density at radius 1 is 1.39 bits per heavy atom. The van der Waals surface area contributed by atoms with E-state index < -0.39 is 0 Å². The van der Waals surface area contributed by atoms with Gasteiger partial charge in [0.2, 0.25) is 5.13 Å². The summed E-state index contributed by atoms with van der Waals surface area (Å²) < 4.78 is 1.29. The van der Waals surface area contributed by atoms with Crippen LogP contribution in [0.5, 0.6) is 0 Å². The van der Waals surface area contributed by atoms with E-state index in [2.05, 4.69) is 27.5 Å². The van der Waals surface area contributed by atoms with E-state index in [4.69, 9.17) is 0 Å². The molecule has 2 rings (SSSR count). The first-order valence-electron chi connectivity index (χ1n) is 5.83. The van der Waals surface area contributed by atoms with E-state index in [0.717, 1.165) is 24.5 Å². The molecule has 1 N–H and O–H groups in total. The molecule has 0 aliphatic carbocycles. The molecule has 7 heteroatoms. The molecule has 18 heavy (non-hydrogen) atoms. The summed E-state index contributed by atoms with van der Waals surface area (Å²) in [5.41, 5.74) is 0.530. The molecule has 0 saturated heterocycles. The normalized spacial score (nSPS) is 10.6. The van der Waals surface area contributed by atoms with E-state index in [-0.39, 0.29) is 5.56 Å². The quantitative estimate of drug-likeness (QED) is 0.830. The lowest BCUT2D eigenvalue weighted by Crippen LogP contribution is -2.18. The SMILES string of the molecule is CCCCNc1nnc(-c2ccc(=O)n(C)n2)s1. The molecule has 0 aromatic carbocycles. The fourth-order valence-corrected chi connectivity index (χ4v) is 2.12. The van der Waals surface area contributed by atoms with Crippen molar-refractivity contribution in [2.24, 2.45) is 7.05 Å².